The highest BCUT2D eigenvalue weighted by molar-refractivity contribution is 6.34. The van der Waals surface area contributed by atoms with Gasteiger partial charge in [-0.05, 0) is 31.5 Å². The average Bonchev–Trinajstić information content (AvgIpc) is 2.29. The summed E-state index contributed by atoms with van der Waals surface area (Å²) in [6, 6.07) is 3.46. The molecule has 0 aromatic heterocycles. The van der Waals surface area contributed by atoms with Crippen LogP contribution in [-0.2, 0) is 9.53 Å². The lowest BCUT2D eigenvalue weighted by molar-refractivity contribution is -0.146. The SMILES string of the molecule is CCOC(=O)[C@H](CC)C(=O)c1ccc(F)cc1Cl. The Labute approximate surface area is 110 Å². The molecule has 18 heavy (non-hydrogen) atoms. The van der Waals surface area contributed by atoms with Crippen LogP contribution in [0.25, 0.3) is 0 Å². The number of halogens is 2. The standard InChI is InChI=1S/C13H14ClFO3/c1-3-9(13(17)18-4-2)12(16)10-6-5-8(15)7-11(10)14/h5-7,9H,3-4H2,1-2H3/t9-/m1/s1. The fourth-order valence-electron chi connectivity index (χ4n) is 1.58. The topological polar surface area (TPSA) is 43.4 Å². The van der Waals surface area contributed by atoms with E-state index in [0.29, 0.717) is 6.42 Å². The summed E-state index contributed by atoms with van der Waals surface area (Å²) >= 11 is 5.79. The minimum absolute atomic E-state index is 0.00254. The number of rotatable bonds is 5. The maximum atomic E-state index is 12.9. The van der Waals surface area contributed by atoms with Crippen LogP contribution in [0.4, 0.5) is 4.39 Å². The number of ketones is 1. The van der Waals surface area contributed by atoms with Gasteiger partial charge in [0.2, 0.25) is 0 Å². The molecule has 1 aromatic rings. The first-order chi connectivity index (χ1) is 8.51. The first-order valence-corrected chi connectivity index (χ1v) is 6.04. The predicted octanol–water partition coefficient (Wildman–Crippen LogP) is 3.25. The van der Waals surface area contributed by atoms with Crippen molar-refractivity contribution in [1.29, 1.82) is 0 Å². The number of hydrogen-bond donors (Lipinski definition) is 0. The van der Waals surface area contributed by atoms with E-state index >= 15 is 0 Å². The molecule has 0 aliphatic heterocycles. The third-order valence-corrected chi connectivity index (χ3v) is 2.81. The van der Waals surface area contributed by atoms with Gasteiger partial charge in [-0.25, -0.2) is 4.39 Å². The van der Waals surface area contributed by atoms with Gasteiger partial charge in [-0.15, -0.1) is 0 Å². The van der Waals surface area contributed by atoms with E-state index in [1.165, 1.54) is 6.07 Å². The molecule has 3 nitrogen and oxygen atoms in total. The molecule has 0 aliphatic rings. The summed E-state index contributed by atoms with van der Waals surface area (Å²) in [5.41, 5.74) is 0.137. The van der Waals surface area contributed by atoms with Gasteiger partial charge >= 0.3 is 5.97 Å². The molecule has 0 bridgehead atoms. The Hall–Kier alpha value is -1.42. The molecule has 1 atom stereocenters. The van der Waals surface area contributed by atoms with Gasteiger partial charge in [0.1, 0.15) is 11.7 Å². The lowest BCUT2D eigenvalue weighted by atomic mass is 9.95. The van der Waals surface area contributed by atoms with Crippen molar-refractivity contribution in [2.24, 2.45) is 5.92 Å². The summed E-state index contributed by atoms with van der Waals surface area (Å²) in [5.74, 6) is -2.44. The Morgan fingerprint density at radius 2 is 2.06 bits per heavy atom. The van der Waals surface area contributed by atoms with Crippen LogP contribution in [0.1, 0.15) is 30.6 Å². The van der Waals surface area contributed by atoms with E-state index in [-0.39, 0.29) is 17.2 Å². The molecule has 1 aromatic carbocycles. The zero-order valence-electron chi connectivity index (χ0n) is 10.2. The van der Waals surface area contributed by atoms with Gasteiger partial charge in [0, 0.05) is 5.56 Å². The van der Waals surface area contributed by atoms with Crippen molar-refractivity contribution in [3.05, 3.63) is 34.6 Å². The van der Waals surface area contributed by atoms with Crippen molar-refractivity contribution in [2.45, 2.75) is 20.3 Å². The second-order valence-electron chi connectivity index (χ2n) is 3.70. The van der Waals surface area contributed by atoms with Crippen molar-refractivity contribution in [2.75, 3.05) is 6.61 Å². The Bertz CT molecular complexity index is 460. The third-order valence-electron chi connectivity index (χ3n) is 2.49. The van der Waals surface area contributed by atoms with E-state index in [1.54, 1.807) is 13.8 Å². The van der Waals surface area contributed by atoms with Crippen LogP contribution < -0.4 is 0 Å². The van der Waals surface area contributed by atoms with Gasteiger partial charge in [0.15, 0.2) is 5.78 Å². The zero-order valence-corrected chi connectivity index (χ0v) is 11.0. The fourth-order valence-corrected chi connectivity index (χ4v) is 1.84. The molecule has 98 valence electrons. The molecule has 0 spiro atoms. The number of esters is 1. The summed E-state index contributed by atoms with van der Waals surface area (Å²) in [5, 5.41) is 0.00254. The maximum absolute atomic E-state index is 12.9. The maximum Gasteiger partial charge on any atom is 0.316 e. The average molecular weight is 273 g/mol. The molecule has 0 amide bonds. The Kier molecular flexibility index (Phi) is 5.28. The van der Waals surface area contributed by atoms with Gasteiger partial charge in [-0.3, -0.25) is 9.59 Å². The van der Waals surface area contributed by atoms with Crippen molar-refractivity contribution >= 4 is 23.4 Å². The number of carbonyl (C=O) groups excluding carboxylic acids is 2. The van der Waals surface area contributed by atoms with E-state index in [1.807, 2.05) is 0 Å². The summed E-state index contributed by atoms with van der Waals surface area (Å²) in [7, 11) is 0. The van der Waals surface area contributed by atoms with Crippen LogP contribution in [0.15, 0.2) is 18.2 Å². The highest BCUT2D eigenvalue weighted by Crippen LogP contribution is 2.22. The van der Waals surface area contributed by atoms with E-state index in [0.717, 1.165) is 12.1 Å². The highest BCUT2D eigenvalue weighted by atomic mass is 35.5. The van der Waals surface area contributed by atoms with E-state index in [2.05, 4.69) is 0 Å². The monoisotopic (exact) mass is 272 g/mol. The zero-order chi connectivity index (χ0) is 13.7. The molecule has 1 rings (SSSR count). The van der Waals surface area contributed by atoms with Crippen molar-refractivity contribution in [3.8, 4) is 0 Å². The van der Waals surface area contributed by atoms with Gasteiger partial charge in [0.05, 0.1) is 11.6 Å². The summed E-state index contributed by atoms with van der Waals surface area (Å²) in [4.78, 5) is 23.7. The van der Waals surface area contributed by atoms with Crippen LogP contribution in [0, 0.1) is 11.7 Å². The molecule has 0 unspecified atom stereocenters. The first kappa shape index (κ1) is 14.6. The number of benzene rings is 1. The van der Waals surface area contributed by atoms with Gasteiger partial charge in [0.25, 0.3) is 0 Å². The minimum Gasteiger partial charge on any atom is -0.465 e. The molecule has 0 fully saturated rings. The molecule has 0 heterocycles. The molecule has 0 saturated carbocycles. The first-order valence-electron chi connectivity index (χ1n) is 5.67. The lowest BCUT2D eigenvalue weighted by Crippen LogP contribution is -2.26. The van der Waals surface area contributed by atoms with Gasteiger partial charge in [-0.2, -0.15) is 0 Å². The Morgan fingerprint density at radius 3 is 2.56 bits per heavy atom. The lowest BCUT2D eigenvalue weighted by Gasteiger charge is -2.13. The van der Waals surface area contributed by atoms with Crippen LogP contribution >= 0.6 is 11.6 Å². The van der Waals surface area contributed by atoms with E-state index in [9.17, 15) is 14.0 Å². The van der Waals surface area contributed by atoms with Crippen molar-refractivity contribution in [1.82, 2.24) is 0 Å². The van der Waals surface area contributed by atoms with Crippen LogP contribution in [0.2, 0.25) is 5.02 Å². The smallest absolute Gasteiger partial charge is 0.316 e. The molecule has 0 N–H and O–H groups in total. The summed E-state index contributed by atoms with van der Waals surface area (Å²) < 4.78 is 17.7. The number of hydrogen-bond acceptors (Lipinski definition) is 3. The molecule has 0 saturated heterocycles. The predicted molar refractivity (Wildman–Crippen MR) is 66.2 cm³/mol. The molecular weight excluding hydrogens is 259 g/mol. The van der Waals surface area contributed by atoms with E-state index in [4.69, 9.17) is 16.3 Å². The number of carbonyl (C=O) groups is 2. The fraction of sp³-hybridized carbons (Fsp3) is 0.385. The quantitative estimate of drug-likeness (QED) is 0.469. The van der Waals surface area contributed by atoms with Crippen LogP contribution in [-0.4, -0.2) is 18.4 Å². The van der Waals surface area contributed by atoms with Gasteiger partial charge < -0.3 is 4.74 Å². The second-order valence-corrected chi connectivity index (χ2v) is 4.11. The molecule has 5 heteroatoms. The summed E-state index contributed by atoms with van der Waals surface area (Å²) in [6.45, 7) is 3.58. The van der Waals surface area contributed by atoms with Crippen LogP contribution in [0.3, 0.4) is 0 Å². The normalized spacial score (nSPS) is 12.0. The summed E-state index contributed by atoms with van der Waals surface area (Å²) in [6.07, 6.45) is 0.311. The third kappa shape index (κ3) is 3.29. The largest absolute Gasteiger partial charge is 0.465 e. The number of ether oxygens (including phenoxy) is 1. The molecule has 0 radical (unpaired) electrons. The Balaban J connectivity index is 3.00. The Morgan fingerprint density at radius 1 is 1.39 bits per heavy atom. The highest BCUT2D eigenvalue weighted by Gasteiger charge is 2.28. The van der Waals surface area contributed by atoms with Crippen LogP contribution in [0.5, 0.6) is 0 Å². The van der Waals surface area contributed by atoms with Crippen molar-refractivity contribution < 1.29 is 18.7 Å². The van der Waals surface area contributed by atoms with Gasteiger partial charge in [-0.1, -0.05) is 18.5 Å². The minimum atomic E-state index is -0.895. The molecular formula is C13H14ClFO3. The van der Waals surface area contributed by atoms with E-state index < -0.39 is 23.5 Å². The second kappa shape index (κ2) is 6.50. The van der Waals surface area contributed by atoms with Crippen molar-refractivity contribution in [3.63, 3.8) is 0 Å². The number of Topliss-reactive ketones (excluding diaryl/α,β-unsaturated/α-hetero) is 1. The molecule has 0 aliphatic carbocycles.